The molecule has 2 aromatic carbocycles. The Labute approximate surface area is 136 Å². The lowest BCUT2D eigenvalue weighted by Gasteiger charge is -2.25. The molecule has 1 atom stereocenters. The zero-order valence-electron chi connectivity index (χ0n) is 13.3. The third-order valence-electron chi connectivity index (χ3n) is 3.54. The van der Waals surface area contributed by atoms with Crippen LogP contribution >= 0.6 is 0 Å². The third-order valence-corrected chi connectivity index (χ3v) is 3.54. The van der Waals surface area contributed by atoms with Gasteiger partial charge >= 0.3 is 6.03 Å². The Hall–Kier alpha value is -2.84. The van der Waals surface area contributed by atoms with Crippen molar-refractivity contribution in [3.05, 3.63) is 65.7 Å². The van der Waals surface area contributed by atoms with Crippen molar-refractivity contribution < 1.29 is 4.79 Å². The molecular weight excluding hydrogens is 288 g/mol. The van der Waals surface area contributed by atoms with E-state index in [2.05, 4.69) is 15.5 Å². The summed E-state index contributed by atoms with van der Waals surface area (Å²) >= 11 is 0. The Morgan fingerprint density at radius 2 is 1.78 bits per heavy atom. The molecule has 0 bridgehead atoms. The molecule has 0 saturated carbocycles. The minimum absolute atomic E-state index is 0.0999. The van der Waals surface area contributed by atoms with Gasteiger partial charge in [-0.1, -0.05) is 30.3 Å². The van der Waals surface area contributed by atoms with Gasteiger partial charge in [0.15, 0.2) is 0 Å². The molecule has 0 radical (unpaired) electrons. The number of rotatable bonds is 5. The summed E-state index contributed by atoms with van der Waals surface area (Å²) in [6.07, 6.45) is 0. The fourth-order valence-corrected chi connectivity index (χ4v) is 2.27. The minimum atomic E-state index is -0.266. The maximum atomic E-state index is 12.0. The summed E-state index contributed by atoms with van der Waals surface area (Å²) in [7, 11) is 3.97. The lowest BCUT2D eigenvalue weighted by atomic mass is 10.1. The van der Waals surface area contributed by atoms with E-state index in [1.54, 1.807) is 24.3 Å². The third kappa shape index (κ3) is 4.83. The van der Waals surface area contributed by atoms with Crippen LogP contribution in [0.5, 0.6) is 0 Å². The van der Waals surface area contributed by atoms with Gasteiger partial charge in [-0.05, 0) is 43.9 Å². The number of hydrogen-bond donors (Lipinski definition) is 2. The molecule has 2 rings (SSSR count). The van der Waals surface area contributed by atoms with E-state index in [0.717, 1.165) is 5.56 Å². The number of nitrogens with zero attached hydrogens (tertiary/aromatic N) is 2. The van der Waals surface area contributed by atoms with Crippen LogP contribution in [-0.4, -0.2) is 31.6 Å². The number of urea groups is 1. The maximum absolute atomic E-state index is 12.0. The van der Waals surface area contributed by atoms with Gasteiger partial charge < -0.3 is 15.5 Å². The van der Waals surface area contributed by atoms with E-state index in [1.165, 1.54) is 0 Å². The van der Waals surface area contributed by atoms with Crippen LogP contribution in [0.3, 0.4) is 0 Å². The van der Waals surface area contributed by atoms with Gasteiger partial charge in [0.25, 0.3) is 0 Å². The van der Waals surface area contributed by atoms with E-state index in [1.807, 2.05) is 50.5 Å². The number of anilines is 1. The number of amides is 2. The maximum Gasteiger partial charge on any atom is 0.319 e. The van der Waals surface area contributed by atoms with Crippen molar-refractivity contribution in [3.63, 3.8) is 0 Å². The first-order chi connectivity index (χ1) is 11.1. The summed E-state index contributed by atoms with van der Waals surface area (Å²) in [5.41, 5.74) is 2.37. The number of nitrogens with one attached hydrogen (secondary N) is 2. The highest BCUT2D eigenvalue weighted by Gasteiger charge is 2.14. The highest BCUT2D eigenvalue weighted by Crippen LogP contribution is 2.16. The SMILES string of the molecule is CN(C)C(CNC(=O)Nc1ccc(C#N)cc1)c1ccccc1. The summed E-state index contributed by atoms with van der Waals surface area (Å²) in [5.74, 6) is 0. The summed E-state index contributed by atoms with van der Waals surface area (Å²) < 4.78 is 0. The van der Waals surface area contributed by atoms with Crippen LogP contribution in [0, 0.1) is 11.3 Å². The molecule has 5 nitrogen and oxygen atoms in total. The van der Waals surface area contributed by atoms with Crippen molar-refractivity contribution >= 4 is 11.7 Å². The average Bonchev–Trinajstić information content (AvgIpc) is 2.56. The van der Waals surface area contributed by atoms with E-state index in [9.17, 15) is 4.79 Å². The fourth-order valence-electron chi connectivity index (χ4n) is 2.27. The van der Waals surface area contributed by atoms with Crippen LogP contribution in [0.25, 0.3) is 0 Å². The summed E-state index contributed by atoms with van der Waals surface area (Å²) in [4.78, 5) is 14.1. The second-order valence-electron chi connectivity index (χ2n) is 5.41. The van der Waals surface area contributed by atoms with Gasteiger partial charge in [0.1, 0.15) is 0 Å². The molecule has 0 heterocycles. The molecular formula is C18H20N4O. The van der Waals surface area contributed by atoms with E-state index in [4.69, 9.17) is 5.26 Å². The highest BCUT2D eigenvalue weighted by molar-refractivity contribution is 5.89. The van der Waals surface area contributed by atoms with Crippen LogP contribution in [-0.2, 0) is 0 Å². The molecule has 118 valence electrons. The molecule has 0 aliphatic heterocycles. The van der Waals surface area contributed by atoms with E-state index >= 15 is 0 Å². The summed E-state index contributed by atoms with van der Waals surface area (Å²) in [6.45, 7) is 0.499. The lowest BCUT2D eigenvalue weighted by molar-refractivity contribution is 0.243. The molecule has 0 aromatic heterocycles. The molecule has 0 aliphatic rings. The Bertz CT molecular complexity index is 674. The molecule has 5 heteroatoms. The zero-order valence-corrected chi connectivity index (χ0v) is 13.3. The second kappa shape index (κ2) is 7.97. The average molecular weight is 308 g/mol. The van der Waals surface area contributed by atoms with Crippen molar-refractivity contribution in [1.29, 1.82) is 5.26 Å². The molecule has 2 aromatic rings. The second-order valence-corrected chi connectivity index (χ2v) is 5.41. The number of nitriles is 1. The number of hydrogen-bond acceptors (Lipinski definition) is 3. The van der Waals surface area contributed by atoms with Gasteiger partial charge in [-0.2, -0.15) is 5.26 Å². The minimum Gasteiger partial charge on any atom is -0.336 e. The predicted octanol–water partition coefficient (Wildman–Crippen LogP) is 2.98. The molecule has 0 spiro atoms. The van der Waals surface area contributed by atoms with Crippen LogP contribution in [0.1, 0.15) is 17.2 Å². The van der Waals surface area contributed by atoms with Crippen molar-refractivity contribution in [3.8, 4) is 6.07 Å². The number of carbonyl (C=O) groups is 1. The lowest BCUT2D eigenvalue weighted by Crippen LogP contribution is -2.36. The number of carbonyl (C=O) groups excluding carboxylic acids is 1. The first-order valence-electron chi connectivity index (χ1n) is 7.36. The molecule has 0 saturated heterocycles. The van der Waals surface area contributed by atoms with Crippen molar-refractivity contribution in [2.45, 2.75) is 6.04 Å². The monoisotopic (exact) mass is 308 g/mol. The molecule has 2 amide bonds. The van der Waals surface area contributed by atoms with Gasteiger partial charge in [0.05, 0.1) is 17.7 Å². The van der Waals surface area contributed by atoms with Gasteiger partial charge in [0.2, 0.25) is 0 Å². The summed E-state index contributed by atoms with van der Waals surface area (Å²) in [6, 6.07) is 18.7. The molecule has 1 unspecified atom stereocenters. The summed E-state index contributed by atoms with van der Waals surface area (Å²) in [5, 5.41) is 14.4. The first kappa shape index (κ1) is 16.5. The largest absolute Gasteiger partial charge is 0.336 e. The molecule has 2 N–H and O–H groups in total. The van der Waals surface area contributed by atoms with Gasteiger partial charge in [0, 0.05) is 12.2 Å². The fraction of sp³-hybridized carbons (Fsp3) is 0.222. The standard InChI is InChI=1S/C18H20N4O/c1-22(2)17(15-6-4-3-5-7-15)13-20-18(23)21-16-10-8-14(12-19)9-11-16/h3-11,17H,13H2,1-2H3,(H2,20,21,23). The van der Waals surface area contributed by atoms with Crippen molar-refractivity contribution in [2.75, 3.05) is 26.0 Å². The zero-order chi connectivity index (χ0) is 16.7. The van der Waals surface area contributed by atoms with Crippen molar-refractivity contribution in [1.82, 2.24) is 10.2 Å². The van der Waals surface area contributed by atoms with E-state index in [0.29, 0.717) is 17.8 Å². The Morgan fingerprint density at radius 3 is 2.35 bits per heavy atom. The smallest absolute Gasteiger partial charge is 0.319 e. The number of likely N-dealkylation sites (N-methyl/N-ethyl adjacent to an activating group) is 1. The van der Waals surface area contributed by atoms with Crippen LogP contribution < -0.4 is 10.6 Å². The van der Waals surface area contributed by atoms with Crippen LogP contribution in [0.4, 0.5) is 10.5 Å². The Balaban J connectivity index is 1.92. The Morgan fingerprint density at radius 1 is 1.13 bits per heavy atom. The predicted molar refractivity (Wildman–Crippen MR) is 91.0 cm³/mol. The van der Waals surface area contributed by atoms with Gasteiger partial charge in [-0.15, -0.1) is 0 Å². The molecule has 0 aliphatic carbocycles. The topological polar surface area (TPSA) is 68.2 Å². The Kier molecular flexibility index (Phi) is 5.73. The highest BCUT2D eigenvalue weighted by atomic mass is 16.2. The van der Waals surface area contributed by atoms with Crippen LogP contribution in [0.2, 0.25) is 0 Å². The van der Waals surface area contributed by atoms with E-state index < -0.39 is 0 Å². The van der Waals surface area contributed by atoms with Crippen LogP contribution in [0.15, 0.2) is 54.6 Å². The van der Waals surface area contributed by atoms with E-state index in [-0.39, 0.29) is 12.1 Å². The van der Waals surface area contributed by atoms with Crippen molar-refractivity contribution in [2.24, 2.45) is 0 Å². The van der Waals surface area contributed by atoms with Gasteiger partial charge in [-0.25, -0.2) is 4.79 Å². The normalized spacial score (nSPS) is 11.6. The molecule has 23 heavy (non-hydrogen) atoms. The van der Waals surface area contributed by atoms with Gasteiger partial charge in [-0.3, -0.25) is 0 Å². The first-order valence-corrected chi connectivity index (χ1v) is 7.36. The molecule has 0 fully saturated rings. The number of benzene rings is 2. The quantitative estimate of drug-likeness (QED) is 0.892.